The number of hydrogen-bond donors (Lipinski definition) is 1. The van der Waals surface area contributed by atoms with Gasteiger partial charge in [0.2, 0.25) is 0 Å². The summed E-state index contributed by atoms with van der Waals surface area (Å²) in [6, 6.07) is 19.7. The Hall–Kier alpha value is -1.12. The Balaban J connectivity index is 2.03. The molecule has 2 heteroatoms. The van der Waals surface area contributed by atoms with Crippen LogP contribution in [0.1, 0.15) is 37.1 Å². The molecule has 0 bridgehead atoms. The highest BCUT2D eigenvalue weighted by molar-refractivity contribution is 9.10. The number of nitrogens with one attached hydrogen (secondary N) is 1. The van der Waals surface area contributed by atoms with E-state index in [0.29, 0.717) is 12.1 Å². The van der Waals surface area contributed by atoms with Crippen LogP contribution in [-0.2, 0) is 0 Å². The van der Waals surface area contributed by atoms with E-state index < -0.39 is 0 Å². The van der Waals surface area contributed by atoms with Crippen molar-refractivity contribution in [1.29, 1.82) is 0 Å². The lowest BCUT2D eigenvalue weighted by molar-refractivity contribution is 0.494. The van der Waals surface area contributed by atoms with Crippen molar-refractivity contribution in [3.05, 3.63) is 70.2 Å². The minimum atomic E-state index is 0.341. The normalized spacial score (nSPS) is 14.2. The van der Waals surface area contributed by atoms with Crippen LogP contribution in [0.5, 0.6) is 0 Å². The van der Waals surface area contributed by atoms with E-state index in [1.54, 1.807) is 0 Å². The smallest absolute Gasteiger partial charge is 0.0297 e. The lowest BCUT2D eigenvalue weighted by atomic mass is 10.0. The first-order valence-electron chi connectivity index (χ1n) is 6.23. The highest BCUT2D eigenvalue weighted by Gasteiger charge is 2.10. The van der Waals surface area contributed by atoms with E-state index in [4.69, 9.17) is 0 Å². The molecule has 0 aliphatic carbocycles. The minimum absolute atomic E-state index is 0.341. The van der Waals surface area contributed by atoms with Crippen molar-refractivity contribution in [2.75, 3.05) is 0 Å². The van der Waals surface area contributed by atoms with Crippen molar-refractivity contribution < 1.29 is 0 Å². The second-order valence-electron chi connectivity index (χ2n) is 4.57. The van der Waals surface area contributed by atoms with Gasteiger partial charge in [0.1, 0.15) is 0 Å². The fourth-order valence-corrected chi connectivity index (χ4v) is 2.32. The lowest BCUT2D eigenvalue weighted by Crippen LogP contribution is -2.22. The predicted octanol–water partition coefficient (Wildman–Crippen LogP) is 4.86. The summed E-state index contributed by atoms with van der Waals surface area (Å²) in [7, 11) is 0. The molecule has 0 aromatic heterocycles. The fourth-order valence-electron chi connectivity index (χ4n) is 2.06. The standard InChI is InChI=1S/C16H18BrN/c1-12(14-6-4-3-5-7-14)18-13(2)15-8-10-16(17)11-9-15/h3-13,18H,1-2H3/t12?,13-/m0/s1. The van der Waals surface area contributed by atoms with Crippen LogP contribution in [0.15, 0.2) is 59.1 Å². The molecule has 2 atom stereocenters. The molecule has 0 fully saturated rings. The van der Waals surface area contributed by atoms with Crippen LogP contribution in [0.25, 0.3) is 0 Å². The average Bonchev–Trinajstić information content (AvgIpc) is 2.40. The van der Waals surface area contributed by atoms with Gasteiger partial charge in [-0.2, -0.15) is 0 Å². The number of halogens is 1. The Morgan fingerprint density at radius 3 is 1.83 bits per heavy atom. The minimum Gasteiger partial charge on any atom is -0.304 e. The Morgan fingerprint density at radius 2 is 1.28 bits per heavy atom. The molecule has 18 heavy (non-hydrogen) atoms. The summed E-state index contributed by atoms with van der Waals surface area (Å²) < 4.78 is 1.12. The monoisotopic (exact) mass is 303 g/mol. The molecule has 2 rings (SSSR count). The van der Waals surface area contributed by atoms with E-state index in [-0.39, 0.29) is 0 Å². The van der Waals surface area contributed by atoms with Crippen molar-refractivity contribution in [1.82, 2.24) is 5.32 Å². The molecule has 0 heterocycles. The molecular formula is C16H18BrN. The molecule has 0 saturated carbocycles. The molecule has 94 valence electrons. The van der Waals surface area contributed by atoms with Crippen molar-refractivity contribution in [3.63, 3.8) is 0 Å². The van der Waals surface area contributed by atoms with E-state index in [1.165, 1.54) is 11.1 Å². The van der Waals surface area contributed by atoms with Crippen LogP contribution >= 0.6 is 15.9 Å². The van der Waals surface area contributed by atoms with E-state index in [1.807, 2.05) is 6.07 Å². The summed E-state index contributed by atoms with van der Waals surface area (Å²) in [6.07, 6.45) is 0. The summed E-state index contributed by atoms with van der Waals surface area (Å²) in [5.41, 5.74) is 2.63. The Morgan fingerprint density at radius 1 is 0.778 bits per heavy atom. The second kappa shape index (κ2) is 6.17. The molecule has 0 amide bonds. The van der Waals surface area contributed by atoms with Gasteiger partial charge in [-0.15, -0.1) is 0 Å². The molecule has 0 spiro atoms. The van der Waals surface area contributed by atoms with Gasteiger partial charge in [0.05, 0.1) is 0 Å². The van der Waals surface area contributed by atoms with Crippen LogP contribution in [0, 0.1) is 0 Å². The molecule has 0 saturated heterocycles. The Kier molecular flexibility index (Phi) is 4.56. The fraction of sp³-hybridized carbons (Fsp3) is 0.250. The highest BCUT2D eigenvalue weighted by atomic mass is 79.9. The quantitative estimate of drug-likeness (QED) is 0.850. The van der Waals surface area contributed by atoms with Gasteiger partial charge in [-0.3, -0.25) is 0 Å². The third kappa shape index (κ3) is 3.44. The van der Waals surface area contributed by atoms with Gasteiger partial charge in [-0.1, -0.05) is 58.4 Å². The van der Waals surface area contributed by atoms with Crippen LogP contribution in [0.4, 0.5) is 0 Å². The molecule has 0 aliphatic heterocycles. The van der Waals surface area contributed by atoms with Crippen molar-refractivity contribution >= 4 is 15.9 Å². The van der Waals surface area contributed by atoms with Gasteiger partial charge in [-0.05, 0) is 37.1 Å². The van der Waals surface area contributed by atoms with Crippen LogP contribution in [0.3, 0.4) is 0 Å². The van der Waals surface area contributed by atoms with Gasteiger partial charge in [0.15, 0.2) is 0 Å². The zero-order valence-electron chi connectivity index (χ0n) is 10.7. The van der Waals surface area contributed by atoms with Crippen molar-refractivity contribution in [2.45, 2.75) is 25.9 Å². The van der Waals surface area contributed by atoms with Gasteiger partial charge in [0, 0.05) is 16.6 Å². The summed E-state index contributed by atoms with van der Waals surface area (Å²) in [5, 5.41) is 3.62. The highest BCUT2D eigenvalue weighted by Crippen LogP contribution is 2.20. The Bertz CT molecular complexity index is 478. The molecule has 1 N–H and O–H groups in total. The number of hydrogen-bond acceptors (Lipinski definition) is 1. The SMILES string of the molecule is CC(N[C@@H](C)c1ccc(Br)cc1)c1ccccc1. The third-order valence-corrected chi connectivity index (χ3v) is 3.70. The van der Waals surface area contributed by atoms with E-state index in [0.717, 1.165) is 4.47 Å². The second-order valence-corrected chi connectivity index (χ2v) is 5.49. The van der Waals surface area contributed by atoms with Crippen molar-refractivity contribution in [3.8, 4) is 0 Å². The zero-order valence-corrected chi connectivity index (χ0v) is 12.3. The van der Waals surface area contributed by atoms with Gasteiger partial charge in [0.25, 0.3) is 0 Å². The predicted molar refractivity (Wildman–Crippen MR) is 80.5 cm³/mol. The van der Waals surface area contributed by atoms with E-state index in [2.05, 4.69) is 83.6 Å². The summed E-state index contributed by atoms with van der Waals surface area (Å²) in [5.74, 6) is 0. The first-order chi connectivity index (χ1) is 8.66. The Labute approximate surface area is 117 Å². The van der Waals surface area contributed by atoms with Gasteiger partial charge >= 0.3 is 0 Å². The molecule has 2 aromatic carbocycles. The molecule has 0 aliphatic rings. The largest absolute Gasteiger partial charge is 0.304 e. The summed E-state index contributed by atoms with van der Waals surface area (Å²) in [4.78, 5) is 0. The molecule has 1 unspecified atom stereocenters. The molecule has 2 aromatic rings. The molecular weight excluding hydrogens is 286 g/mol. The molecule has 1 nitrogen and oxygen atoms in total. The maximum Gasteiger partial charge on any atom is 0.0297 e. The summed E-state index contributed by atoms with van der Waals surface area (Å²) in [6.45, 7) is 4.40. The maximum absolute atomic E-state index is 3.62. The van der Waals surface area contributed by atoms with Crippen LogP contribution < -0.4 is 5.32 Å². The average molecular weight is 304 g/mol. The van der Waals surface area contributed by atoms with E-state index in [9.17, 15) is 0 Å². The maximum atomic E-state index is 3.62. The zero-order chi connectivity index (χ0) is 13.0. The van der Waals surface area contributed by atoms with E-state index >= 15 is 0 Å². The molecule has 0 radical (unpaired) electrons. The lowest BCUT2D eigenvalue weighted by Gasteiger charge is -2.20. The first-order valence-corrected chi connectivity index (χ1v) is 7.02. The first kappa shape index (κ1) is 13.3. The van der Waals surface area contributed by atoms with Crippen LogP contribution in [0.2, 0.25) is 0 Å². The number of benzene rings is 2. The van der Waals surface area contributed by atoms with Gasteiger partial charge < -0.3 is 5.32 Å². The van der Waals surface area contributed by atoms with Crippen molar-refractivity contribution in [2.24, 2.45) is 0 Å². The third-order valence-electron chi connectivity index (χ3n) is 3.17. The van der Waals surface area contributed by atoms with Gasteiger partial charge in [-0.25, -0.2) is 0 Å². The number of rotatable bonds is 4. The summed E-state index contributed by atoms with van der Waals surface area (Å²) >= 11 is 3.46. The topological polar surface area (TPSA) is 12.0 Å². The van der Waals surface area contributed by atoms with Crippen LogP contribution in [-0.4, -0.2) is 0 Å².